The molecule has 1 unspecified atom stereocenters. The van der Waals surface area contributed by atoms with Gasteiger partial charge in [0.2, 0.25) is 0 Å². The van der Waals surface area contributed by atoms with Crippen LogP contribution in [-0.4, -0.2) is 12.8 Å². The summed E-state index contributed by atoms with van der Waals surface area (Å²) in [7, 11) is 6.04. The summed E-state index contributed by atoms with van der Waals surface area (Å²) in [6.45, 7) is 8.66. The van der Waals surface area contributed by atoms with Gasteiger partial charge in [0.15, 0.2) is 0 Å². The third-order valence-corrected chi connectivity index (χ3v) is 5.10. The number of fused-ring (bicyclic) bond motifs is 1. The van der Waals surface area contributed by atoms with Gasteiger partial charge in [-0.25, -0.2) is 0 Å². The smallest absolute Gasteiger partial charge is 0.114 e. The Morgan fingerprint density at radius 2 is 1.83 bits per heavy atom. The topological polar surface area (TPSA) is 12.9 Å². The molecule has 0 bridgehead atoms. The summed E-state index contributed by atoms with van der Waals surface area (Å²) in [6, 6.07) is 15.2. The maximum Gasteiger partial charge on any atom is 0.114 e. The number of hydrogen-bond acceptors (Lipinski definition) is 1. The maximum atomic E-state index is 6.04. The van der Waals surface area contributed by atoms with E-state index in [1.54, 1.807) is 0 Å². The molecule has 3 rings (SSSR count). The first-order valence-corrected chi connectivity index (χ1v) is 8.73. The van der Waals surface area contributed by atoms with Crippen molar-refractivity contribution in [1.29, 1.82) is 0 Å². The second-order valence-electron chi connectivity index (χ2n) is 6.78. The molecule has 1 nitrogen and oxygen atoms in total. The van der Waals surface area contributed by atoms with E-state index in [2.05, 4.69) is 58.0 Å². The molecule has 0 spiro atoms. The number of nitrogens with zero attached hydrogens (tertiary/aromatic N) is 1. The number of pyridine rings is 1. The average Bonchev–Trinajstić information content (AvgIpc) is 2.57. The van der Waals surface area contributed by atoms with Gasteiger partial charge in [-0.1, -0.05) is 55.2 Å². The van der Waals surface area contributed by atoms with Gasteiger partial charge in [-0.05, 0) is 61.4 Å². The fourth-order valence-corrected chi connectivity index (χ4v) is 3.36. The summed E-state index contributed by atoms with van der Waals surface area (Å²) in [4.78, 5) is 4.81. The molecular formula is C22H24BN. The second-order valence-corrected chi connectivity index (χ2v) is 6.78. The van der Waals surface area contributed by atoms with Crippen molar-refractivity contribution >= 4 is 24.2 Å². The van der Waals surface area contributed by atoms with Gasteiger partial charge in [0.25, 0.3) is 0 Å². The van der Waals surface area contributed by atoms with Crippen LogP contribution in [-0.2, 0) is 12.8 Å². The predicted octanol–water partition coefficient (Wildman–Crippen LogP) is 4.55. The maximum absolute atomic E-state index is 6.04. The lowest BCUT2D eigenvalue weighted by Crippen LogP contribution is -2.11. The number of rotatable bonds is 4. The molecule has 0 saturated carbocycles. The van der Waals surface area contributed by atoms with E-state index in [4.69, 9.17) is 12.8 Å². The van der Waals surface area contributed by atoms with Crippen LogP contribution >= 0.6 is 0 Å². The summed E-state index contributed by atoms with van der Waals surface area (Å²) in [6.07, 6.45) is 2.02. The van der Waals surface area contributed by atoms with Crippen molar-refractivity contribution in [3.05, 3.63) is 70.4 Å². The van der Waals surface area contributed by atoms with Crippen molar-refractivity contribution in [2.45, 2.75) is 46.5 Å². The normalized spacial score (nSPS) is 12.5. The fourth-order valence-electron chi connectivity index (χ4n) is 3.36. The Morgan fingerprint density at radius 3 is 2.58 bits per heavy atom. The first kappa shape index (κ1) is 16.8. The third-order valence-electron chi connectivity index (χ3n) is 5.10. The Kier molecular flexibility index (Phi) is 4.75. The van der Waals surface area contributed by atoms with E-state index in [1.165, 1.54) is 27.6 Å². The molecule has 2 heteroatoms. The SMILES string of the molecule is [B]c1cccc(CC(C)c2ccc3cc(CC)c(C)nc3c2)c1C. The van der Waals surface area contributed by atoms with E-state index in [9.17, 15) is 0 Å². The molecule has 0 saturated heterocycles. The summed E-state index contributed by atoms with van der Waals surface area (Å²) >= 11 is 0. The Bertz CT molecular complexity index is 883. The highest BCUT2D eigenvalue weighted by Crippen LogP contribution is 2.26. The molecule has 0 aliphatic carbocycles. The Hall–Kier alpha value is -2.09. The van der Waals surface area contributed by atoms with Crippen LogP contribution in [0.2, 0.25) is 0 Å². The second kappa shape index (κ2) is 6.80. The molecule has 2 radical (unpaired) electrons. The quantitative estimate of drug-likeness (QED) is 0.644. The number of aromatic nitrogens is 1. The van der Waals surface area contributed by atoms with Crippen LogP contribution in [0.4, 0.5) is 0 Å². The van der Waals surface area contributed by atoms with Crippen molar-refractivity contribution < 1.29 is 0 Å². The lowest BCUT2D eigenvalue weighted by atomic mass is 9.84. The first-order valence-electron chi connectivity index (χ1n) is 8.73. The van der Waals surface area contributed by atoms with Gasteiger partial charge in [0, 0.05) is 11.1 Å². The average molecular weight is 313 g/mol. The summed E-state index contributed by atoms with van der Waals surface area (Å²) in [5.74, 6) is 0.433. The first-order chi connectivity index (χ1) is 11.5. The monoisotopic (exact) mass is 313 g/mol. The molecule has 0 fully saturated rings. The zero-order chi connectivity index (χ0) is 17.3. The standard InChI is InChI=1S/C22H24BN/c1-5-17-12-20-10-9-18(13-22(20)24-16(17)4)14(2)11-19-7-6-8-21(23)15(19)3/h6-10,12-14H,5,11H2,1-4H3. The van der Waals surface area contributed by atoms with Gasteiger partial charge in [-0.15, -0.1) is 0 Å². The zero-order valence-corrected chi connectivity index (χ0v) is 15.1. The van der Waals surface area contributed by atoms with Crippen molar-refractivity contribution in [2.75, 3.05) is 0 Å². The van der Waals surface area contributed by atoms with Crippen LogP contribution in [0.15, 0.2) is 42.5 Å². The largest absolute Gasteiger partial charge is 0.253 e. The van der Waals surface area contributed by atoms with Gasteiger partial charge >= 0.3 is 0 Å². The molecule has 0 amide bonds. The van der Waals surface area contributed by atoms with Crippen LogP contribution in [0.5, 0.6) is 0 Å². The fraction of sp³-hybridized carbons (Fsp3) is 0.318. The van der Waals surface area contributed by atoms with Crippen molar-refractivity contribution in [1.82, 2.24) is 4.98 Å². The third kappa shape index (κ3) is 3.24. The molecule has 1 heterocycles. The summed E-state index contributed by atoms with van der Waals surface area (Å²) in [5, 5.41) is 1.23. The number of benzene rings is 2. The summed E-state index contributed by atoms with van der Waals surface area (Å²) in [5.41, 5.74) is 8.31. The Balaban J connectivity index is 1.92. The van der Waals surface area contributed by atoms with Crippen LogP contribution in [0, 0.1) is 13.8 Å². The van der Waals surface area contributed by atoms with Gasteiger partial charge in [-0.3, -0.25) is 4.98 Å². The van der Waals surface area contributed by atoms with Crippen LogP contribution in [0.25, 0.3) is 10.9 Å². The molecule has 3 aromatic rings. The van der Waals surface area contributed by atoms with Gasteiger partial charge in [0.1, 0.15) is 7.85 Å². The van der Waals surface area contributed by atoms with E-state index in [0.717, 1.165) is 29.5 Å². The van der Waals surface area contributed by atoms with Crippen molar-refractivity contribution in [3.8, 4) is 0 Å². The summed E-state index contributed by atoms with van der Waals surface area (Å²) < 4.78 is 0. The molecular weight excluding hydrogens is 289 g/mol. The molecule has 1 atom stereocenters. The van der Waals surface area contributed by atoms with E-state index < -0.39 is 0 Å². The minimum Gasteiger partial charge on any atom is -0.253 e. The zero-order valence-electron chi connectivity index (χ0n) is 15.1. The minimum atomic E-state index is 0.433. The van der Waals surface area contributed by atoms with Gasteiger partial charge in [-0.2, -0.15) is 0 Å². The lowest BCUT2D eigenvalue weighted by molar-refractivity contribution is 0.757. The van der Waals surface area contributed by atoms with E-state index >= 15 is 0 Å². The molecule has 1 aromatic heterocycles. The van der Waals surface area contributed by atoms with E-state index in [-0.39, 0.29) is 0 Å². The van der Waals surface area contributed by atoms with E-state index in [1.807, 2.05) is 12.1 Å². The molecule has 0 N–H and O–H groups in total. The van der Waals surface area contributed by atoms with E-state index in [0.29, 0.717) is 5.92 Å². The minimum absolute atomic E-state index is 0.433. The number of hydrogen-bond donors (Lipinski definition) is 0. The highest BCUT2D eigenvalue weighted by atomic mass is 14.7. The van der Waals surface area contributed by atoms with Crippen LogP contribution < -0.4 is 5.46 Å². The highest BCUT2D eigenvalue weighted by molar-refractivity contribution is 6.33. The highest BCUT2D eigenvalue weighted by Gasteiger charge is 2.11. The molecule has 0 aliphatic rings. The van der Waals surface area contributed by atoms with Gasteiger partial charge < -0.3 is 0 Å². The lowest BCUT2D eigenvalue weighted by Gasteiger charge is -2.16. The molecule has 0 aliphatic heterocycles. The van der Waals surface area contributed by atoms with Gasteiger partial charge in [0.05, 0.1) is 5.52 Å². The van der Waals surface area contributed by atoms with Crippen molar-refractivity contribution in [2.24, 2.45) is 0 Å². The number of aryl methyl sites for hydroxylation is 2. The van der Waals surface area contributed by atoms with Crippen molar-refractivity contribution in [3.63, 3.8) is 0 Å². The molecule has 2 aromatic carbocycles. The Morgan fingerprint density at radius 1 is 1.04 bits per heavy atom. The molecule has 120 valence electrons. The Labute approximate surface area is 146 Å². The molecule has 24 heavy (non-hydrogen) atoms. The van der Waals surface area contributed by atoms with Crippen LogP contribution in [0.3, 0.4) is 0 Å². The predicted molar refractivity (Wildman–Crippen MR) is 105 cm³/mol. The van der Waals surface area contributed by atoms with Crippen LogP contribution in [0.1, 0.15) is 47.7 Å².